The van der Waals surface area contributed by atoms with E-state index in [2.05, 4.69) is 15.3 Å². The molecule has 1 aromatic heterocycles. The summed E-state index contributed by atoms with van der Waals surface area (Å²) in [5, 5.41) is 3.06. The zero-order chi connectivity index (χ0) is 13.0. The lowest BCUT2D eigenvalue weighted by Gasteiger charge is -2.22. The third kappa shape index (κ3) is 3.10. The Morgan fingerprint density at radius 3 is 2.67 bits per heavy atom. The highest BCUT2D eigenvalue weighted by Gasteiger charge is 2.16. The Kier molecular flexibility index (Phi) is 4.36. The van der Waals surface area contributed by atoms with Crippen molar-refractivity contribution < 1.29 is 9.47 Å². The predicted molar refractivity (Wildman–Crippen MR) is 70.1 cm³/mol. The van der Waals surface area contributed by atoms with Crippen molar-refractivity contribution in [3.8, 4) is 5.88 Å². The Bertz CT molecular complexity index is 403. The first-order valence-electron chi connectivity index (χ1n) is 6.44. The van der Waals surface area contributed by atoms with E-state index < -0.39 is 0 Å². The van der Waals surface area contributed by atoms with Crippen LogP contribution >= 0.6 is 0 Å². The maximum absolute atomic E-state index is 5.85. The zero-order valence-corrected chi connectivity index (χ0v) is 11.3. The van der Waals surface area contributed by atoms with Crippen LogP contribution in [0.5, 0.6) is 5.88 Å². The molecule has 2 heterocycles. The average Bonchev–Trinajstić information content (AvgIpc) is 2.40. The van der Waals surface area contributed by atoms with Gasteiger partial charge in [0.05, 0.1) is 12.2 Å². The Labute approximate surface area is 108 Å². The van der Waals surface area contributed by atoms with E-state index >= 15 is 0 Å². The summed E-state index contributed by atoms with van der Waals surface area (Å²) < 4.78 is 11.2. The molecular formula is C13H21N3O2. The van der Waals surface area contributed by atoms with E-state index in [1.165, 1.54) is 0 Å². The summed E-state index contributed by atoms with van der Waals surface area (Å²) in [5.41, 5.74) is 0.968. The van der Waals surface area contributed by atoms with Crippen LogP contribution in [0.4, 0.5) is 5.82 Å². The molecule has 0 radical (unpaired) electrons. The standard InChI is InChI=1S/C13H21N3O2/c1-9-12(14-3)15-10(2)16-13(9)18-8-11-4-6-17-7-5-11/h11H,4-8H2,1-3H3,(H,14,15,16). The molecule has 0 spiro atoms. The van der Waals surface area contributed by atoms with Crippen molar-refractivity contribution in [3.05, 3.63) is 11.4 Å². The summed E-state index contributed by atoms with van der Waals surface area (Å²) in [4.78, 5) is 8.69. The predicted octanol–water partition coefficient (Wildman–Crippen LogP) is 1.94. The van der Waals surface area contributed by atoms with Crippen LogP contribution in [0, 0.1) is 19.8 Å². The van der Waals surface area contributed by atoms with Gasteiger partial charge in [-0.25, -0.2) is 4.98 Å². The summed E-state index contributed by atoms with van der Waals surface area (Å²) in [6.45, 7) is 6.26. The lowest BCUT2D eigenvalue weighted by Crippen LogP contribution is -2.22. The van der Waals surface area contributed by atoms with Gasteiger partial charge in [0.1, 0.15) is 11.6 Å². The van der Waals surface area contributed by atoms with Gasteiger partial charge in [-0.3, -0.25) is 0 Å². The van der Waals surface area contributed by atoms with Gasteiger partial charge >= 0.3 is 0 Å². The number of rotatable bonds is 4. The number of ether oxygens (including phenoxy) is 2. The van der Waals surface area contributed by atoms with Gasteiger partial charge in [0.15, 0.2) is 0 Å². The highest BCUT2D eigenvalue weighted by molar-refractivity contribution is 5.47. The largest absolute Gasteiger partial charge is 0.477 e. The summed E-state index contributed by atoms with van der Waals surface area (Å²) in [6, 6.07) is 0. The summed E-state index contributed by atoms with van der Waals surface area (Å²) in [6.07, 6.45) is 2.14. The zero-order valence-electron chi connectivity index (χ0n) is 11.3. The maximum atomic E-state index is 5.85. The Morgan fingerprint density at radius 1 is 1.28 bits per heavy atom. The Balaban J connectivity index is 2.01. The van der Waals surface area contributed by atoms with Gasteiger partial charge in [-0.1, -0.05) is 0 Å². The monoisotopic (exact) mass is 251 g/mol. The second kappa shape index (κ2) is 6.00. The summed E-state index contributed by atoms with van der Waals surface area (Å²) >= 11 is 0. The first kappa shape index (κ1) is 13.1. The van der Waals surface area contributed by atoms with Crippen LogP contribution in [-0.4, -0.2) is 36.8 Å². The van der Waals surface area contributed by atoms with Crippen LogP contribution in [0.3, 0.4) is 0 Å². The molecule has 0 bridgehead atoms. The van der Waals surface area contributed by atoms with Crippen molar-refractivity contribution in [1.29, 1.82) is 0 Å². The lowest BCUT2D eigenvalue weighted by molar-refractivity contribution is 0.0489. The van der Waals surface area contributed by atoms with Gasteiger partial charge in [0.25, 0.3) is 0 Å². The molecule has 1 aliphatic rings. The maximum Gasteiger partial charge on any atom is 0.221 e. The minimum Gasteiger partial charge on any atom is -0.477 e. The molecular weight excluding hydrogens is 230 g/mol. The van der Waals surface area contributed by atoms with Gasteiger partial charge in [-0.15, -0.1) is 0 Å². The topological polar surface area (TPSA) is 56.3 Å². The lowest BCUT2D eigenvalue weighted by atomic mass is 10.0. The molecule has 18 heavy (non-hydrogen) atoms. The number of aromatic nitrogens is 2. The smallest absolute Gasteiger partial charge is 0.221 e. The SMILES string of the molecule is CNc1nc(C)nc(OCC2CCOCC2)c1C. The molecule has 1 N–H and O–H groups in total. The normalized spacial score (nSPS) is 16.6. The van der Waals surface area contributed by atoms with Crippen molar-refractivity contribution in [1.82, 2.24) is 9.97 Å². The number of aryl methyl sites for hydroxylation is 1. The van der Waals surface area contributed by atoms with E-state index in [4.69, 9.17) is 9.47 Å². The van der Waals surface area contributed by atoms with E-state index in [9.17, 15) is 0 Å². The minimum absolute atomic E-state index is 0.575. The minimum atomic E-state index is 0.575. The van der Waals surface area contributed by atoms with Crippen LogP contribution in [0.1, 0.15) is 24.2 Å². The van der Waals surface area contributed by atoms with Crippen LogP contribution in [0.25, 0.3) is 0 Å². The number of anilines is 1. The number of nitrogens with zero attached hydrogens (tertiary/aromatic N) is 2. The molecule has 1 fully saturated rings. The summed E-state index contributed by atoms with van der Waals surface area (Å²) in [5.74, 6) is 2.83. The third-order valence-electron chi connectivity index (χ3n) is 3.25. The molecule has 5 heteroatoms. The van der Waals surface area contributed by atoms with Crippen molar-refractivity contribution >= 4 is 5.82 Å². The summed E-state index contributed by atoms with van der Waals surface area (Å²) in [7, 11) is 1.86. The highest BCUT2D eigenvalue weighted by atomic mass is 16.5. The van der Waals surface area contributed by atoms with Crippen LogP contribution in [0.15, 0.2) is 0 Å². The second-order valence-electron chi connectivity index (χ2n) is 4.67. The third-order valence-corrected chi connectivity index (χ3v) is 3.25. The van der Waals surface area contributed by atoms with E-state index in [1.807, 2.05) is 20.9 Å². The second-order valence-corrected chi connectivity index (χ2v) is 4.67. The molecule has 0 saturated carbocycles. The molecule has 1 aliphatic heterocycles. The molecule has 100 valence electrons. The fourth-order valence-electron chi connectivity index (χ4n) is 2.10. The molecule has 0 amide bonds. The van der Waals surface area contributed by atoms with Crippen molar-refractivity contribution in [3.63, 3.8) is 0 Å². The molecule has 1 aromatic rings. The molecule has 5 nitrogen and oxygen atoms in total. The fourth-order valence-corrected chi connectivity index (χ4v) is 2.10. The van der Waals surface area contributed by atoms with Gasteiger partial charge < -0.3 is 14.8 Å². The average molecular weight is 251 g/mol. The molecule has 0 aliphatic carbocycles. The highest BCUT2D eigenvalue weighted by Crippen LogP contribution is 2.23. The van der Waals surface area contributed by atoms with Crippen LogP contribution in [0.2, 0.25) is 0 Å². The quantitative estimate of drug-likeness (QED) is 0.886. The number of hydrogen-bond acceptors (Lipinski definition) is 5. The number of nitrogens with one attached hydrogen (secondary N) is 1. The van der Waals surface area contributed by atoms with Crippen LogP contribution in [-0.2, 0) is 4.74 Å². The Hall–Kier alpha value is -1.36. The van der Waals surface area contributed by atoms with Gasteiger partial charge in [-0.05, 0) is 32.6 Å². The number of hydrogen-bond donors (Lipinski definition) is 1. The molecule has 1 saturated heterocycles. The van der Waals surface area contributed by atoms with Crippen LogP contribution < -0.4 is 10.1 Å². The van der Waals surface area contributed by atoms with Gasteiger partial charge in [-0.2, -0.15) is 4.98 Å². The van der Waals surface area contributed by atoms with Crippen molar-refractivity contribution in [2.75, 3.05) is 32.2 Å². The Morgan fingerprint density at radius 2 is 2.00 bits per heavy atom. The molecule has 0 unspecified atom stereocenters. The fraction of sp³-hybridized carbons (Fsp3) is 0.692. The van der Waals surface area contributed by atoms with Gasteiger partial charge in [0.2, 0.25) is 5.88 Å². The van der Waals surface area contributed by atoms with E-state index in [1.54, 1.807) is 0 Å². The molecule has 2 rings (SSSR count). The first-order valence-corrected chi connectivity index (χ1v) is 6.44. The molecule has 0 aromatic carbocycles. The van der Waals surface area contributed by atoms with E-state index in [-0.39, 0.29) is 0 Å². The molecule has 0 atom stereocenters. The van der Waals surface area contributed by atoms with E-state index in [0.717, 1.165) is 43.3 Å². The van der Waals surface area contributed by atoms with Gasteiger partial charge in [0, 0.05) is 20.3 Å². The first-order chi connectivity index (χ1) is 8.70. The van der Waals surface area contributed by atoms with Crippen molar-refractivity contribution in [2.45, 2.75) is 26.7 Å². The van der Waals surface area contributed by atoms with Crippen molar-refractivity contribution in [2.24, 2.45) is 5.92 Å². The van der Waals surface area contributed by atoms with E-state index in [0.29, 0.717) is 18.4 Å².